The number of hydrogen-bond donors (Lipinski definition) is 2. The van der Waals surface area contributed by atoms with E-state index in [1.165, 1.54) is 24.1 Å². The molecule has 0 bridgehead atoms. The number of rotatable bonds is 6. The molecule has 1 aliphatic rings. The molecule has 2 N–H and O–H groups in total. The number of nitrogens with zero attached hydrogens (tertiary/aromatic N) is 1. The van der Waals surface area contributed by atoms with E-state index in [0.29, 0.717) is 5.92 Å². The van der Waals surface area contributed by atoms with Gasteiger partial charge >= 0.3 is 0 Å². The second kappa shape index (κ2) is 5.29. The number of aliphatic hydroxyl groups is 1. The zero-order chi connectivity index (χ0) is 13.2. The Morgan fingerprint density at radius 3 is 2.67 bits per heavy atom. The lowest BCUT2D eigenvalue weighted by atomic mass is 9.93. The lowest BCUT2D eigenvalue weighted by Crippen LogP contribution is -2.56. The number of nitrogens with one attached hydrogen (secondary N) is 1. The van der Waals surface area contributed by atoms with E-state index in [1.54, 1.807) is 0 Å². The molecule has 0 saturated heterocycles. The molecule has 3 nitrogen and oxygen atoms in total. The highest BCUT2D eigenvalue weighted by Gasteiger charge is 2.44. The van der Waals surface area contributed by atoms with Gasteiger partial charge in [0, 0.05) is 19.3 Å². The minimum atomic E-state index is -0.154. The number of benzene rings is 1. The van der Waals surface area contributed by atoms with Gasteiger partial charge in [-0.05, 0) is 50.4 Å². The predicted molar refractivity (Wildman–Crippen MR) is 76.0 cm³/mol. The van der Waals surface area contributed by atoms with Crippen molar-refractivity contribution >= 4 is 5.69 Å². The summed E-state index contributed by atoms with van der Waals surface area (Å²) in [6.45, 7) is 3.15. The van der Waals surface area contributed by atoms with Gasteiger partial charge in [-0.25, -0.2) is 0 Å². The molecular weight excluding hydrogens is 224 g/mol. The molecule has 0 aromatic heterocycles. The molecule has 3 heteroatoms. The quantitative estimate of drug-likeness (QED) is 0.805. The minimum absolute atomic E-state index is 0.154. The van der Waals surface area contributed by atoms with E-state index >= 15 is 0 Å². The Labute approximate surface area is 110 Å². The fourth-order valence-electron chi connectivity index (χ4n) is 2.69. The van der Waals surface area contributed by atoms with Crippen molar-refractivity contribution in [3.8, 4) is 0 Å². The van der Waals surface area contributed by atoms with E-state index in [0.717, 1.165) is 6.54 Å². The van der Waals surface area contributed by atoms with Crippen LogP contribution in [-0.2, 0) is 0 Å². The van der Waals surface area contributed by atoms with Crippen molar-refractivity contribution in [3.63, 3.8) is 0 Å². The maximum Gasteiger partial charge on any atom is 0.0633 e. The van der Waals surface area contributed by atoms with E-state index in [-0.39, 0.29) is 12.1 Å². The van der Waals surface area contributed by atoms with Gasteiger partial charge in [-0.2, -0.15) is 0 Å². The molecule has 18 heavy (non-hydrogen) atoms. The maximum absolute atomic E-state index is 9.75. The summed E-state index contributed by atoms with van der Waals surface area (Å²) in [5.74, 6) is 0.611. The van der Waals surface area contributed by atoms with Gasteiger partial charge in [0.05, 0.1) is 12.1 Å². The minimum Gasteiger partial charge on any atom is -0.394 e. The Balaban J connectivity index is 2.11. The second-order valence-electron chi connectivity index (χ2n) is 5.53. The molecule has 0 spiro atoms. The topological polar surface area (TPSA) is 35.5 Å². The summed E-state index contributed by atoms with van der Waals surface area (Å²) in [6, 6.07) is 8.50. The third kappa shape index (κ3) is 2.68. The van der Waals surface area contributed by atoms with E-state index < -0.39 is 0 Å². The molecule has 0 aliphatic heterocycles. The van der Waals surface area contributed by atoms with Gasteiger partial charge in [-0.1, -0.05) is 12.1 Å². The van der Waals surface area contributed by atoms with E-state index in [2.05, 4.69) is 48.5 Å². The maximum atomic E-state index is 9.75. The number of aliphatic hydroxyl groups excluding tert-OH is 1. The van der Waals surface area contributed by atoms with Crippen LogP contribution < -0.4 is 10.2 Å². The van der Waals surface area contributed by atoms with Crippen LogP contribution in [0.3, 0.4) is 0 Å². The van der Waals surface area contributed by atoms with Gasteiger partial charge in [-0.15, -0.1) is 0 Å². The third-order valence-corrected chi connectivity index (χ3v) is 4.10. The monoisotopic (exact) mass is 248 g/mol. The second-order valence-corrected chi connectivity index (χ2v) is 5.53. The van der Waals surface area contributed by atoms with Gasteiger partial charge < -0.3 is 15.3 Å². The number of hydrogen-bond acceptors (Lipinski definition) is 3. The van der Waals surface area contributed by atoms with Crippen LogP contribution in [0.25, 0.3) is 0 Å². The van der Waals surface area contributed by atoms with Crippen LogP contribution in [0.1, 0.15) is 18.4 Å². The molecule has 1 aromatic rings. The highest BCUT2D eigenvalue weighted by Crippen LogP contribution is 2.40. The summed E-state index contributed by atoms with van der Waals surface area (Å²) < 4.78 is 0. The molecular formula is C15H24N2O. The molecule has 1 atom stereocenters. The molecule has 0 heterocycles. The highest BCUT2D eigenvalue weighted by molar-refractivity contribution is 5.48. The average Bonchev–Trinajstić information content (AvgIpc) is 3.20. The Bertz CT molecular complexity index is 397. The van der Waals surface area contributed by atoms with Gasteiger partial charge in [0.15, 0.2) is 0 Å². The fourth-order valence-corrected chi connectivity index (χ4v) is 2.69. The SMILES string of the molecule is CNC(CO)(CN(C)c1cccc(C)c1)C1CC1. The molecule has 1 aromatic carbocycles. The van der Waals surface area contributed by atoms with Crippen molar-refractivity contribution in [3.05, 3.63) is 29.8 Å². The van der Waals surface area contributed by atoms with Gasteiger partial charge in [-0.3, -0.25) is 0 Å². The summed E-state index contributed by atoms with van der Waals surface area (Å²) in [7, 11) is 4.05. The number of aryl methyl sites for hydroxylation is 1. The van der Waals surface area contributed by atoms with Crippen LogP contribution in [0, 0.1) is 12.8 Å². The molecule has 1 fully saturated rings. The zero-order valence-electron chi connectivity index (χ0n) is 11.6. The van der Waals surface area contributed by atoms with Crippen LogP contribution in [0.4, 0.5) is 5.69 Å². The van der Waals surface area contributed by atoms with E-state index in [1.807, 2.05) is 7.05 Å². The average molecular weight is 248 g/mol. The molecule has 2 rings (SSSR count). The number of anilines is 1. The molecule has 0 amide bonds. The Morgan fingerprint density at radius 2 is 2.17 bits per heavy atom. The van der Waals surface area contributed by atoms with Crippen molar-refractivity contribution in [1.29, 1.82) is 0 Å². The summed E-state index contributed by atoms with van der Waals surface area (Å²) in [6.07, 6.45) is 2.45. The predicted octanol–water partition coefficient (Wildman–Crippen LogP) is 1.79. The molecule has 0 radical (unpaired) electrons. The third-order valence-electron chi connectivity index (χ3n) is 4.10. The Morgan fingerprint density at radius 1 is 1.44 bits per heavy atom. The fraction of sp³-hybridized carbons (Fsp3) is 0.600. The first-order valence-corrected chi connectivity index (χ1v) is 6.69. The van der Waals surface area contributed by atoms with Crippen molar-refractivity contribution in [1.82, 2.24) is 5.32 Å². The lowest BCUT2D eigenvalue weighted by molar-refractivity contribution is 0.153. The summed E-state index contributed by atoms with van der Waals surface area (Å²) in [5, 5.41) is 13.1. The molecule has 1 unspecified atom stereocenters. The van der Waals surface area contributed by atoms with Crippen molar-refractivity contribution in [2.24, 2.45) is 5.92 Å². The Hall–Kier alpha value is -1.06. The smallest absolute Gasteiger partial charge is 0.0633 e. The standard InChI is InChI=1S/C15H24N2O/c1-12-5-4-6-14(9-12)17(3)10-15(11-18,16-2)13-7-8-13/h4-6,9,13,16,18H,7-8,10-11H2,1-3H3. The van der Waals surface area contributed by atoms with E-state index in [4.69, 9.17) is 0 Å². The normalized spacial score (nSPS) is 18.4. The van der Waals surface area contributed by atoms with Gasteiger partial charge in [0.1, 0.15) is 0 Å². The zero-order valence-corrected chi connectivity index (χ0v) is 11.6. The highest BCUT2D eigenvalue weighted by atomic mass is 16.3. The summed E-state index contributed by atoms with van der Waals surface area (Å²) in [4.78, 5) is 2.23. The van der Waals surface area contributed by atoms with E-state index in [9.17, 15) is 5.11 Å². The van der Waals surface area contributed by atoms with Gasteiger partial charge in [0.25, 0.3) is 0 Å². The Kier molecular flexibility index (Phi) is 3.93. The molecule has 100 valence electrons. The van der Waals surface area contributed by atoms with Crippen LogP contribution in [0.5, 0.6) is 0 Å². The van der Waals surface area contributed by atoms with Crippen LogP contribution in [0.2, 0.25) is 0 Å². The first-order chi connectivity index (χ1) is 8.61. The molecule has 1 saturated carbocycles. The van der Waals surface area contributed by atoms with Crippen LogP contribution in [0.15, 0.2) is 24.3 Å². The largest absolute Gasteiger partial charge is 0.394 e. The van der Waals surface area contributed by atoms with Crippen molar-refractivity contribution in [2.45, 2.75) is 25.3 Å². The first-order valence-electron chi connectivity index (χ1n) is 6.69. The first kappa shape index (κ1) is 13.4. The summed E-state index contributed by atoms with van der Waals surface area (Å²) >= 11 is 0. The van der Waals surface area contributed by atoms with Crippen molar-refractivity contribution < 1.29 is 5.11 Å². The summed E-state index contributed by atoms with van der Waals surface area (Å²) in [5.41, 5.74) is 2.33. The van der Waals surface area contributed by atoms with Crippen LogP contribution >= 0.6 is 0 Å². The van der Waals surface area contributed by atoms with Crippen LogP contribution in [-0.4, -0.2) is 37.9 Å². The molecule has 1 aliphatic carbocycles. The van der Waals surface area contributed by atoms with Crippen molar-refractivity contribution in [2.75, 3.05) is 32.1 Å². The van der Waals surface area contributed by atoms with Gasteiger partial charge in [0.2, 0.25) is 0 Å². The lowest BCUT2D eigenvalue weighted by Gasteiger charge is -2.36. The number of likely N-dealkylation sites (N-methyl/N-ethyl adjacent to an activating group) is 2.